The maximum atomic E-state index is 11.0. The van der Waals surface area contributed by atoms with E-state index in [1.165, 1.54) is 44.9 Å². The van der Waals surface area contributed by atoms with E-state index in [9.17, 15) is 4.79 Å². The third-order valence-corrected chi connectivity index (χ3v) is 5.17. The van der Waals surface area contributed by atoms with Crippen LogP contribution in [0, 0.1) is 5.92 Å². The summed E-state index contributed by atoms with van der Waals surface area (Å²) in [5.74, 6) is -0.299. The van der Waals surface area contributed by atoms with Crippen molar-refractivity contribution in [3.8, 4) is 0 Å². The van der Waals surface area contributed by atoms with Crippen molar-refractivity contribution in [2.24, 2.45) is 5.92 Å². The minimum atomic E-state index is -0.635. The second-order valence-electron chi connectivity index (χ2n) is 7.08. The quantitative estimate of drug-likeness (QED) is 0.811. The van der Waals surface area contributed by atoms with E-state index in [4.69, 9.17) is 5.11 Å². The van der Waals surface area contributed by atoms with Gasteiger partial charge < -0.3 is 10.4 Å². The fourth-order valence-corrected chi connectivity index (χ4v) is 4.10. The number of piperidine rings is 1. The van der Waals surface area contributed by atoms with Crippen LogP contribution in [0.15, 0.2) is 0 Å². The van der Waals surface area contributed by atoms with Crippen LogP contribution in [0.5, 0.6) is 0 Å². The highest BCUT2D eigenvalue weighted by atomic mass is 16.4. The highest BCUT2D eigenvalue weighted by molar-refractivity contribution is 5.67. The van der Waals surface area contributed by atoms with E-state index < -0.39 is 5.97 Å². The molecule has 114 valence electrons. The van der Waals surface area contributed by atoms with E-state index in [0.717, 1.165) is 25.6 Å². The number of rotatable bonds is 5. The van der Waals surface area contributed by atoms with Gasteiger partial charge in [-0.1, -0.05) is 19.3 Å². The molecule has 1 aliphatic heterocycles. The molecule has 2 saturated carbocycles. The molecule has 4 nitrogen and oxygen atoms in total. The van der Waals surface area contributed by atoms with Crippen LogP contribution in [0.4, 0.5) is 0 Å². The predicted molar refractivity (Wildman–Crippen MR) is 78.8 cm³/mol. The second kappa shape index (κ2) is 6.44. The smallest absolute Gasteiger partial charge is 0.303 e. The summed E-state index contributed by atoms with van der Waals surface area (Å²) in [5.41, 5.74) is 0. The predicted octanol–water partition coefficient (Wildman–Crippen LogP) is 2.24. The largest absolute Gasteiger partial charge is 0.481 e. The van der Waals surface area contributed by atoms with Gasteiger partial charge >= 0.3 is 5.97 Å². The monoisotopic (exact) mass is 280 g/mol. The van der Waals surface area contributed by atoms with Crippen LogP contribution in [0.3, 0.4) is 0 Å². The fraction of sp³-hybridized carbons (Fsp3) is 0.938. The SMILES string of the molecule is O=C(O)CC1CC(NC2CCCCC2)CN(C2CC2)C1. The number of carbonyl (C=O) groups is 1. The Morgan fingerprint density at radius 3 is 2.45 bits per heavy atom. The minimum absolute atomic E-state index is 0.336. The van der Waals surface area contributed by atoms with Crippen LogP contribution in [-0.4, -0.2) is 47.2 Å². The molecule has 3 fully saturated rings. The molecule has 4 heteroatoms. The van der Waals surface area contributed by atoms with Gasteiger partial charge in [0.15, 0.2) is 0 Å². The number of carboxylic acids is 1. The zero-order chi connectivity index (χ0) is 13.9. The van der Waals surface area contributed by atoms with Crippen LogP contribution in [0.25, 0.3) is 0 Å². The molecule has 2 N–H and O–H groups in total. The van der Waals surface area contributed by atoms with Gasteiger partial charge in [0, 0.05) is 37.6 Å². The number of likely N-dealkylation sites (tertiary alicyclic amines) is 1. The number of nitrogens with zero attached hydrogens (tertiary/aromatic N) is 1. The van der Waals surface area contributed by atoms with Gasteiger partial charge in [-0.25, -0.2) is 0 Å². The Morgan fingerprint density at radius 2 is 1.80 bits per heavy atom. The van der Waals surface area contributed by atoms with Crippen molar-refractivity contribution in [3.05, 3.63) is 0 Å². The summed E-state index contributed by atoms with van der Waals surface area (Å²) in [7, 11) is 0. The normalized spacial score (nSPS) is 33.2. The summed E-state index contributed by atoms with van der Waals surface area (Å²) in [4.78, 5) is 13.6. The molecular formula is C16H28N2O2. The van der Waals surface area contributed by atoms with Gasteiger partial charge in [0.2, 0.25) is 0 Å². The first-order valence-corrected chi connectivity index (χ1v) is 8.42. The van der Waals surface area contributed by atoms with Crippen LogP contribution in [0.2, 0.25) is 0 Å². The van der Waals surface area contributed by atoms with Gasteiger partial charge in [-0.3, -0.25) is 9.69 Å². The topological polar surface area (TPSA) is 52.6 Å². The summed E-state index contributed by atoms with van der Waals surface area (Å²) in [6.45, 7) is 2.14. The van der Waals surface area contributed by atoms with Crippen molar-refractivity contribution in [1.29, 1.82) is 0 Å². The van der Waals surface area contributed by atoms with E-state index in [1.807, 2.05) is 0 Å². The Kier molecular flexibility index (Phi) is 4.61. The number of aliphatic carboxylic acids is 1. The van der Waals surface area contributed by atoms with E-state index in [1.54, 1.807) is 0 Å². The summed E-state index contributed by atoms with van der Waals surface area (Å²) >= 11 is 0. The standard InChI is InChI=1S/C16H28N2O2/c19-16(20)9-12-8-14(11-18(10-12)15-6-7-15)17-13-4-2-1-3-5-13/h12-15,17H,1-11H2,(H,19,20). The highest BCUT2D eigenvalue weighted by Crippen LogP contribution is 2.32. The molecule has 2 aliphatic carbocycles. The molecule has 20 heavy (non-hydrogen) atoms. The summed E-state index contributed by atoms with van der Waals surface area (Å²) in [6.07, 6.45) is 10.7. The van der Waals surface area contributed by atoms with Gasteiger partial charge in [-0.15, -0.1) is 0 Å². The van der Waals surface area contributed by atoms with Crippen LogP contribution >= 0.6 is 0 Å². The fourth-order valence-electron chi connectivity index (χ4n) is 4.10. The van der Waals surface area contributed by atoms with Gasteiger partial charge in [0.25, 0.3) is 0 Å². The molecule has 0 radical (unpaired) electrons. The van der Waals surface area contributed by atoms with Crippen LogP contribution in [-0.2, 0) is 4.79 Å². The first-order chi connectivity index (χ1) is 9.70. The Bertz CT molecular complexity index is 337. The first-order valence-electron chi connectivity index (χ1n) is 8.42. The lowest BCUT2D eigenvalue weighted by atomic mass is 9.89. The Labute approximate surface area is 121 Å². The summed E-state index contributed by atoms with van der Waals surface area (Å²) in [5, 5.41) is 12.9. The number of hydrogen-bond donors (Lipinski definition) is 2. The van der Waals surface area contributed by atoms with Crippen molar-refractivity contribution >= 4 is 5.97 Å². The molecule has 3 aliphatic rings. The maximum absolute atomic E-state index is 11.0. The minimum Gasteiger partial charge on any atom is -0.481 e. The van der Waals surface area contributed by atoms with E-state index >= 15 is 0 Å². The summed E-state index contributed by atoms with van der Waals surface area (Å²) in [6, 6.07) is 1.94. The van der Waals surface area contributed by atoms with E-state index in [2.05, 4.69) is 10.2 Å². The van der Waals surface area contributed by atoms with Gasteiger partial charge in [0.1, 0.15) is 0 Å². The molecule has 0 aromatic rings. The molecule has 1 saturated heterocycles. The Morgan fingerprint density at radius 1 is 1.05 bits per heavy atom. The molecule has 1 heterocycles. The Balaban J connectivity index is 1.55. The van der Waals surface area contributed by atoms with Crippen LogP contribution < -0.4 is 5.32 Å². The molecular weight excluding hydrogens is 252 g/mol. The number of carboxylic acid groups (broad SMARTS) is 1. The van der Waals surface area contributed by atoms with Gasteiger partial charge in [-0.2, -0.15) is 0 Å². The van der Waals surface area contributed by atoms with Crippen molar-refractivity contribution in [1.82, 2.24) is 10.2 Å². The third-order valence-electron chi connectivity index (χ3n) is 5.17. The molecule has 0 amide bonds. The molecule has 0 aromatic heterocycles. The lowest BCUT2D eigenvalue weighted by molar-refractivity contribution is -0.138. The molecule has 0 bridgehead atoms. The van der Waals surface area contributed by atoms with Crippen molar-refractivity contribution < 1.29 is 9.90 Å². The van der Waals surface area contributed by atoms with Gasteiger partial charge in [-0.05, 0) is 38.0 Å². The lowest BCUT2D eigenvalue weighted by Gasteiger charge is -2.40. The average molecular weight is 280 g/mol. The molecule has 3 rings (SSSR count). The molecule has 0 aromatic carbocycles. The molecule has 2 atom stereocenters. The van der Waals surface area contributed by atoms with E-state index in [-0.39, 0.29) is 0 Å². The van der Waals surface area contributed by atoms with Crippen molar-refractivity contribution in [2.45, 2.75) is 75.9 Å². The molecule has 0 spiro atoms. The molecule has 2 unspecified atom stereocenters. The maximum Gasteiger partial charge on any atom is 0.303 e. The third kappa shape index (κ3) is 3.95. The van der Waals surface area contributed by atoms with Crippen molar-refractivity contribution in [3.63, 3.8) is 0 Å². The zero-order valence-corrected chi connectivity index (χ0v) is 12.4. The number of nitrogens with one attached hydrogen (secondary N) is 1. The second-order valence-corrected chi connectivity index (χ2v) is 7.08. The zero-order valence-electron chi connectivity index (χ0n) is 12.4. The Hall–Kier alpha value is -0.610. The van der Waals surface area contributed by atoms with Gasteiger partial charge in [0.05, 0.1) is 0 Å². The average Bonchev–Trinajstić information content (AvgIpc) is 3.23. The lowest BCUT2D eigenvalue weighted by Crippen LogP contribution is -2.53. The highest BCUT2D eigenvalue weighted by Gasteiger charge is 2.37. The van der Waals surface area contributed by atoms with E-state index in [0.29, 0.717) is 24.4 Å². The summed E-state index contributed by atoms with van der Waals surface area (Å²) < 4.78 is 0. The van der Waals surface area contributed by atoms with Crippen molar-refractivity contribution in [2.75, 3.05) is 13.1 Å². The number of hydrogen-bond acceptors (Lipinski definition) is 3. The van der Waals surface area contributed by atoms with Crippen LogP contribution in [0.1, 0.15) is 57.8 Å². The first kappa shape index (κ1) is 14.3.